The fourth-order valence-corrected chi connectivity index (χ4v) is 2.69. The third kappa shape index (κ3) is 4.47. The van der Waals surface area contributed by atoms with E-state index in [1.165, 1.54) is 24.8 Å². The Bertz CT molecular complexity index is 294. The van der Waals surface area contributed by atoms with Crippen molar-refractivity contribution in [3.05, 3.63) is 34.3 Å². The van der Waals surface area contributed by atoms with Crippen molar-refractivity contribution in [1.29, 1.82) is 0 Å². The fourth-order valence-electron chi connectivity index (χ4n) is 2.12. The molecule has 2 unspecified atom stereocenters. The van der Waals surface area contributed by atoms with Crippen LogP contribution in [0.15, 0.2) is 28.7 Å². The maximum Gasteiger partial charge on any atom is 0.0292 e. The highest BCUT2D eigenvalue weighted by atomic mass is 79.9. The third-order valence-electron chi connectivity index (χ3n) is 3.00. The summed E-state index contributed by atoms with van der Waals surface area (Å²) in [5, 5.41) is 0. The predicted molar refractivity (Wildman–Crippen MR) is 76.3 cm³/mol. The second-order valence-electron chi connectivity index (χ2n) is 4.53. The smallest absolute Gasteiger partial charge is 0.0292 e. The second-order valence-corrected chi connectivity index (χ2v) is 5.76. The Morgan fingerprint density at radius 2 is 1.88 bits per heavy atom. The average Bonchev–Trinajstić information content (AvgIpc) is 2.27. The van der Waals surface area contributed by atoms with E-state index < -0.39 is 0 Å². The van der Waals surface area contributed by atoms with Crippen LogP contribution in [0.3, 0.4) is 0 Å². The van der Waals surface area contributed by atoms with E-state index in [1.807, 2.05) is 0 Å². The van der Waals surface area contributed by atoms with Crippen molar-refractivity contribution in [2.75, 3.05) is 5.88 Å². The van der Waals surface area contributed by atoms with Gasteiger partial charge in [0, 0.05) is 10.4 Å². The molecule has 0 heterocycles. The summed E-state index contributed by atoms with van der Waals surface area (Å²) in [6.45, 7) is 4.56. The molecule has 0 aromatic heterocycles. The lowest BCUT2D eigenvalue weighted by Gasteiger charge is -2.19. The molecule has 1 rings (SSSR count). The van der Waals surface area contributed by atoms with Gasteiger partial charge in [0.2, 0.25) is 0 Å². The van der Waals surface area contributed by atoms with Crippen LogP contribution in [0.1, 0.15) is 44.6 Å². The molecule has 1 aromatic rings. The summed E-state index contributed by atoms with van der Waals surface area (Å²) >= 11 is 9.53. The van der Waals surface area contributed by atoms with Crippen molar-refractivity contribution in [3.63, 3.8) is 0 Å². The molecule has 0 aliphatic rings. The molecule has 0 aliphatic heterocycles. The molecule has 0 aliphatic carbocycles. The molecule has 0 saturated carbocycles. The van der Waals surface area contributed by atoms with Gasteiger partial charge in [-0.15, -0.1) is 11.6 Å². The van der Waals surface area contributed by atoms with Crippen LogP contribution >= 0.6 is 27.5 Å². The first-order chi connectivity index (χ1) is 7.67. The first kappa shape index (κ1) is 14.1. The number of halogens is 2. The van der Waals surface area contributed by atoms with Crippen LogP contribution in [0.5, 0.6) is 0 Å². The van der Waals surface area contributed by atoms with E-state index in [9.17, 15) is 0 Å². The van der Waals surface area contributed by atoms with E-state index in [0.29, 0.717) is 5.92 Å². The highest BCUT2D eigenvalue weighted by molar-refractivity contribution is 9.10. The van der Waals surface area contributed by atoms with E-state index in [2.05, 4.69) is 54.0 Å². The van der Waals surface area contributed by atoms with Crippen LogP contribution in [-0.4, -0.2) is 5.88 Å². The molecule has 2 atom stereocenters. The van der Waals surface area contributed by atoms with Crippen molar-refractivity contribution in [1.82, 2.24) is 0 Å². The van der Waals surface area contributed by atoms with Crippen LogP contribution in [-0.2, 0) is 0 Å². The maximum absolute atomic E-state index is 6.07. The van der Waals surface area contributed by atoms with E-state index >= 15 is 0 Å². The Labute approximate surface area is 113 Å². The van der Waals surface area contributed by atoms with Gasteiger partial charge in [0.1, 0.15) is 0 Å². The lowest BCUT2D eigenvalue weighted by molar-refractivity contribution is 0.450. The monoisotopic (exact) mass is 302 g/mol. The zero-order valence-electron chi connectivity index (χ0n) is 10.0. The minimum absolute atomic E-state index is 0.497. The summed E-state index contributed by atoms with van der Waals surface area (Å²) < 4.78 is 1.13. The zero-order valence-corrected chi connectivity index (χ0v) is 12.4. The maximum atomic E-state index is 6.07. The molecule has 0 fully saturated rings. The number of hydrogen-bond acceptors (Lipinski definition) is 0. The van der Waals surface area contributed by atoms with Crippen LogP contribution in [0, 0.1) is 5.92 Å². The Morgan fingerprint density at radius 3 is 2.38 bits per heavy atom. The standard InChI is InChI=1S/C14H20BrCl/c1-3-4-11(2)9-13(10-16)12-5-7-14(15)8-6-12/h5-8,11,13H,3-4,9-10H2,1-2H3. The lowest BCUT2D eigenvalue weighted by Crippen LogP contribution is -2.06. The Balaban J connectivity index is 2.63. The number of alkyl halides is 1. The molecule has 2 heteroatoms. The number of benzene rings is 1. The van der Waals surface area contributed by atoms with E-state index in [0.717, 1.165) is 16.3 Å². The van der Waals surface area contributed by atoms with E-state index in [-0.39, 0.29) is 0 Å². The quantitative estimate of drug-likeness (QED) is 0.600. The third-order valence-corrected chi connectivity index (χ3v) is 3.90. The lowest BCUT2D eigenvalue weighted by atomic mass is 9.89. The van der Waals surface area contributed by atoms with Crippen molar-refractivity contribution < 1.29 is 0 Å². The van der Waals surface area contributed by atoms with Gasteiger partial charge >= 0.3 is 0 Å². The van der Waals surface area contributed by atoms with Gasteiger partial charge in [-0.2, -0.15) is 0 Å². The minimum atomic E-state index is 0.497. The second kappa shape index (κ2) is 7.34. The summed E-state index contributed by atoms with van der Waals surface area (Å²) in [4.78, 5) is 0. The van der Waals surface area contributed by atoms with Crippen LogP contribution < -0.4 is 0 Å². The molecule has 90 valence electrons. The largest absolute Gasteiger partial charge is 0.126 e. The molecular formula is C14H20BrCl. The van der Waals surface area contributed by atoms with Gasteiger partial charge in [-0.25, -0.2) is 0 Å². The molecule has 0 spiro atoms. The number of rotatable bonds is 6. The van der Waals surface area contributed by atoms with Gasteiger partial charge in [-0.05, 0) is 36.0 Å². The molecule has 0 N–H and O–H groups in total. The summed E-state index contributed by atoms with van der Waals surface area (Å²) in [6, 6.07) is 8.55. The van der Waals surface area contributed by atoms with Gasteiger partial charge in [-0.3, -0.25) is 0 Å². The average molecular weight is 304 g/mol. The minimum Gasteiger partial charge on any atom is -0.126 e. The van der Waals surface area contributed by atoms with Crippen LogP contribution in [0.25, 0.3) is 0 Å². The van der Waals surface area contributed by atoms with Crippen molar-refractivity contribution in [2.24, 2.45) is 5.92 Å². The summed E-state index contributed by atoms with van der Waals surface area (Å²) in [5.41, 5.74) is 1.36. The normalized spacial score (nSPS) is 14.8. The molecule has 1 aromatic carbocycles. The first-order valence-electron chi connectivity index (χ1n) is 5.98. The first-order valence-corrected chi connectivity index (χ1v) is 7.31. The van der Waals surface area contributed by atoms with Crippen LogP contribution in [0.2, 0.25) is 0 Å². The highest BCUT2D eigenvalue weighted by Crippen LogP contribution is 2.28. The zero-order chi connectivity index (χ0) is 12.0. The molecule has 0 bridgehead atoms. The molecule has 16 heavy (non-hydrogen) atoms. The van der Waals surface area contributed by atoms with Gasteiger partial charge in [-0.1, -0.05) is 54.8 Å². The predicted octanol–water partition coefficient (Wildman–Crippen LogP) is 5.60. The number of hydrogen-bond donors (Lipinski definition) is 0. The van der Waals surface area contributed by atoms with E-state index in [1.54, 1.807) is 0 Å². The van der Waals surface area contributed by atoms with Gasteiger partial charge in [0.25, 0.3) is 0 Å². The Kier molecular flexibility index (Phi) is 6.45. The summed E-state index contributed by atoms with van der Waals surface area (Å²) in [5.74, 6) is 1.98. The van der Waals surface area contributed by atoms with Crippen molar-refractivity contribution in [2.45, 2.75) is 39.0 Å². The van der Waals surface area contributed by atoms with E-state index in [4.69, 9.17) is 11.6 Å². The Hall–Kier alpha value is -0.0100. The molecule has 0 amide bonds. The SMILES string of the molecule is CCCC(C)CC(CCl)c1ccc(Br)cc1. The fraction of sp³-hybridized carbons (Fsp3) is 0.571. The topological polar surface area (TPSA) is 0 Å². The van der Waals surface area contributed by atoms with Gasteiger partial charge in [0.15, 0.2) is 0 Å². The Morgan fingerprint density at radius 1 is 1.25 bits per heavy atom. The highest BCUT2D eigenvalue weighted by Gasteiger charge is 2.13. The van der Waals surface area contributed by atoms with Crippen molar-refractivity contribution in [3.8, 4) is 0 Å². The van der Waals surface area contributed by atoms with Gasteiger partial charge < -0.3 is 0 Å². The molecular weight excluding hydrogens is 284 g/mol. The van der Waals surface area contributed by atoms with Crippen molar-refractivity contribution >= 4 is 27.5 Å². The molecule has 0 radical (unpaired) electrons. The summed E-state index contributed by atoms with van der Waals surface area (Å²) in [6.07, 6.45) is 3.75. The summed E-state index contributed by atoms with van der Waals surface area (Å²) in [7, 11) is 0. The van der Waals surface area contributed by atoms with Gasteiger partial charge in [0.05, 0.1) is 0 Å². The molecule has 0 saturated heterocycles. The molecule has 0 nitrogen and oxygen atoms in total. The van der Waals surface area contributed by atoms with Crippen LogP contribution in [0.4, 0.5) is 0 Å².